The van der Waals surface area contributed by atoms with Crippen LogP contribution in [0, 0.1) is 0 Å². The molecule has 4 heteroatoms. The van der Waals surface area contributed by atoms with E-state index in [4.69, 9.17) is 0 Å². The zero-order valence-electron chi connectivity index (χ0n) is 1.49. The van der Waals surface area contributed by atoms with Crippen LogP contribution in [-0.4, -0.2) is 17.6 Å². The Labute approximate surface area is 68.0 Å². The van der Waals surface area contributed by atoms with Gasteiger partial charge in [0, 0.05) is 68.5 Å². The summed E-state index contributed by atoms with van der Waals surface area (Å²) in [7, 11) is 0. The van der Waals surface area contributed by atoms with E-state index in [9.17, 15) is 0 Å². The van der Waals surface area contributed by atoms with Gasteiger partial charge >= 0.3 is 0 Å². The molecule has 0 aliphatic carbocycles. The molecule has 0 aromatic rings. The molecule has 0 aromatic carbocycles. The number of hydrogen-bond donors (Lipinski definition) is 0. The fourth-order valence-corrected chi connectivity index (χ4v) is 0. The molecule has 0 saturated heterocycles. The van der Waals surface area contributed by atoms with Crippen LogP contribution in [0.3, 0.4) is 0 Å². The topological polar surface area (TPSA) is 0 Å². The Bertz CT molecular complexity index is 8.00. The fourth-order valence-electron chi connectivity index (χ4n) is 0. The second-order valence-corrected chi connectivity index (χ2v) is 0. The standard InChI is InChI=1S/Co.Cu.Fe.Ge. The normalized spacial score (nSPS) is 0. The van der Waals surface area contributed by atoms with E-state index in [1.807, 2.05) is 0 Å². The van der Waals surface area contributed by atoms with Gasteiger partial charge in [-0.3, -0.25) is 0 Å². The van der Waals surface area contributed by atoms with Crippen LogP contribution in [0.15, 0.2) is 0 Å². The molecule has 0 unspecified atom stereocenters. The minimum absolute atomic E-state index is 0. The first-order valence-corrected chi connectivity index (χ1v) is 0. The molecule has 0 rings (SSSR count). The van der Waals surface area contributed by atoms with Crippen molar-refractivity contribution in [2.75, 3.05) is 0 Å². The monoisotopic (exact) mass is 252 g/mol. The molecule has 0 bridgehead atoms. The summed E-state index contributed by atoms with van der Waals surface area (Å²) in [5, 5.41) is 0. The molecule has 0 nitrogen and oxygen atoms in total. The Morgan fingerprint density at radius 1 is 1.00 bits per heavy atom. The first-order valence-electron chi connectivity index (χ1n) is 0. The Kier molecular flexibility index (Phi) is 176. The second kappa shape index (κ2) is 19.5. The molecule has 0 fully saturated rings. The third-order valence-electron chi connectivity index (χ3n) is 0. The van der Waals surface area contributed by atoms with Crippen LogP contribution in [0.4, 0.5) is 0 Å². The maximum absolute atomic E-state index is 0. The van der Waals surface area contributed by atoms with E-state index in [-0.39, 0.29) is 68.5 Å². The largest absolute Gasteiger partial charge is 0 e. The summed E-state index contributed by atoms with van der Waals surface area (Å²) in [6.45, 7) is 0. The molecule has 4 heavy (non-hydrogen) atoms. The van der Waals surface area contributed by atoms with Gasteiger partial charge in [-0.1, -0.05) is 0 Å². The molecular formula is CoCuFeGe. The van der Waals surface area contributed by atoms with Crippen molar-refractivity contribution < 1.29 is 50.9 Å². The van der Waals surface area contributed by atoms with Gasteiger partial charge in [0.25, 0.3) is 0 Å². The third-order valence-corrected chi connectivity index (χ3v) is 0. The molecule has 0 spiro atoms. The molecule has 0 heterocycles. The minimum Gasteiger partial charge on any atom is 0 e. The molecular weight excluding hydrogens is 251 g/mol. The van der Waals surface area contributed by atoms with E-state index in [1.165, 1.54) is 0 Å². The SMILES string of the molecule is [Co].[Cu].[Fe].[Ge]. The van der Waals surface area contributed by atoms with Crippen molar-refractivity contribution in [3.63, 3.8) is 0 Å². The van der Waals surface area contributed by atoms with Crippen LogP contribution in [0.2, 0.25) is 0 Å². The van der Waals surface area contributed by atoms with Crippen LogP contribution >= 0.6 is 0 Å². The van der Waals surface area contributed by atoms with Crippen molar-refractivity contribution in [3.8, 4) is 0 Å². The summed E-state index contributed by atoms with van der Waals surface area (Å²) >= 11 is 0. The summed E-state index contributed by atoms with van der Waals surface area (Å²) in [5.74, 6) is 0. The van der Waals surface area contributed by atoms with Gasteiger partial charge in [-0.2, -0.15) is 0 Å². The maximum atomic E-state index is 0. The van der Waals surface area contributed by atoms with E-state index < -0.39 is 0 Å². The number of hydrogen-bond acceptors (Lipinski definition) is 0. The zero-order chi connectivity index (χ0) is 0. The van der Waals surface area contributed by atoms with Gasteiger partial charge < -0.3 is 0 Å². The summed E-state index contributed by atoms with van der Waals surface area (Å²) < 4.78 is 0. The van der Waals surface area contributed by atoms with Crippen molar-refractivity contribution >= 4 is 17.6 Å². The van der Waals surface area contributed by atoms with E-state index in [0.29, 0.717) is 0 Å². The summed E-state index contributed by atoms with van der Waals surface area (Å²) in [6, 6.07) is 0. The minimum atomic E-state index is 0. The molecule has 6 radical (unpaired) electrons. The zero-order valence-corrected chi connectivity index (χ0v) is 6.67. The quantitative estimate of drug-likeness (QED) is 0.514. The predicted octanol–water partition coefficient (Wildman–Crippen LogP) is -0.388. The van der Waals surface area contributed by atoms with E-state index in [0.717, 1.165) is 0 Å². The molecule has 0 N–H and O–H groups in total. The van der Waals surface area contributed by atoms with Gasteiger partial charge in [0.05, 0.1) is 0 Å². The van der Waals surface area contributed by atoms with Crippen molar-refractivity contribution in [1.82, 2.24) is 0 Å². The van der Waals surface area contributed by atoms with Gasteiger partial charge in [0.1, 0.15) is 0 Å². The van der Waals surface area contributed by atoms with Crippen LogP contribution in [-0.2, 0) is 50.9 Å². The Morgan fingerprint density at radius 2 is 1.00 bits per heavy atom. The number of rotatable bonds is 0. The smallest absolute Gasteiger partial charge is 0 e. The van der Waals surface area contributed by atoms with Crippen molar-refractivity contribution in [2.45, 2.75) is 0 Å². The molecule has 0 saturated carbocycles. The maximum Gasteiger partial charge on any atom is 0 e. The average molecular weight is 251 g/mol. The Balaban J connectivity index is 0. The summed E-state index contributed by atoms with van der Waals surface area (Å²) in [5.41, 5.74) is 0. The first kappa shape index (κ1) is 36.1. The molecule has 0 aliphatic heterocycles. The van der Waals surface area contributed by atoms with Crippen LogP contribution < -0.4 is 0 Å². The Hall–Kier alpha value is 2.09. The average Bonchev–Trinajstić information content (AvgIpc) is 0. The van der Waals surface area contributed by atoms with E-state index in [2.05, 4.69) is 0 Å². The van der Waals surface area contributed by atoms with Crippen molar-refractivity contribution in [1.29, 1.82) is 0 Å². The third kappa shape index (κ3) is 8.94. The van der Waals surface area contributed by atoms with Gasteiger partial charge in [-0.15, -0.1) is 0 Å². The van der Waals surface area contributed by atoms with E-state index in [1.54, 1.807) is 0 Å². The van der Waals surface area contributed by atoms with Crippen LogP contribution in [0.25, 0.3) is 0 Å². The van der Waals surface area contributed by atoms with Gasteiger partial charge in [-0.25, -0.2) is 0 Å². The van der Waals surface area contributed by atoms with Crippen molar-refractivity contribution in [2.24, 2.45) is 0 Å². The van der Waals surface area contributed by atoms with Crippen LogP contribution in [0.5, 0.6) is 0 Å². The summed E-state index contributed by atoms with van der Waals surface area (Å²) in [6.07, 6.45) is 0. The molecule has 0 aliphatic rings. The van der Waals surface area contributed by atoms with E-state index >= 15 is 0 Å². The van der Waals surface area contributed by atoms with Crippen LogP contribution in [0.1, 0.15) is 0 Å². The second-order valence-electron chi connectivity index (χ2n) is 0. The predicted molar refractivity (Wildman–Crippen MR) is 5.75 cm³/mol. The van der Waals surface area contributed by atoms with Crippen molar-refractivity contribution in [3.05, 3.63) is 0 Å². The van der Waals surface area contributed by atoms with Gasteiger partial charge in [0.15, 0.2) is 0 Å². The molecule has 0 aromatic heterocycles. The summed E-state index contributed by atoms with van der Waals surface area (Å²) in [4.78, 5) is 0. The Morgan fingerprint density at radius 3 is 1.00 bits per heavy atom. The van der Waals surface area contributed by atoms with Gasteiger partial charge in [0.2, 0.25) is 0 Å². The van der Waals surface area contributed by atoms with Gasteiger partial charge in [-0.05, 0) is 0 Å². The molecule has 0 amide bonds. The molecule has 32 valence electrons. The molecule has 0 atom stereocenters. The first-order chi connectivity index (χ1) is 0. The fraction of sp³-hybridized carbons (Fsp3) is 0.